The molecule has 1 aliphatic carbocycles. The Morgan fingerprint density at radius 3 is 2.77 bits per heavy atom. The Balaban J connectivity index is 1.45. The molecule has 2 saturated heterocycles. The van der Waals surface area contributed by atoms with Gasteiger partial charge >= 0.3 is 0 Å². The summed E-state index contributed by atoms with van der Waals surface area (Å²) in [5.41, 5.74) is 1.43. The lowest BCUT2D eigenvalue weighted by molar-refractivity contribution is 0.243. The van der Waals surface area contributed by atoms with Gasteiger partial charge in [0.25, 0.3) is 0 Å². The van der Waals surface area contributed by atoms with E-state index in [1.807, 2.05) is 0 Å². The van der Waals surface area contributed by atoms with Crippen LogP contribution in [0.5, 0.6) is 0 Å². The first-order chi connectivity index (χ1) is 10.9. The Morgan fingerprint density at radius 1 is 1.09 bits per heavy atom. The summed E-state index contributed by atoms with van der Waals surface area (Å²) in [5.74, 6) is 2.82. The van der Waals surface area contributed by atoms with E-state index in [1.54, 1.807) is 0 Å². The van der Waals surface area contributed by atoms with E-state index in [2.05, 4.69) is 40.4 Å². The molecule has 0 N–H and O–H groups in total. The Hall–Kier alpha value is -1.68. The zero-order valence-electron chi connectivity index (χ0n) is 12.7. The van der Waals surface area contributed by atoms with E-state index < -0.39 is 0 Å². The molecular weight excluding hydrogens is 274 g/mol. The molecule has 2 aromatic rings. The van der Waals surface area contributed by atoms with Gasteiger partial charge in [-0.1, -0.05) is 35.5 Å². The van der Waals surface area contributed by atoms with Crippen molar-refractivity contribution < 1.29 is 4.52 Å². The molecule has 0 amide bonds. The molecule has 1 aromatic carbocycles. The lowest BCUT2D eigenvalue weighted by Gasteiger charge is -2.24. The molecule has 1 aromatic heterocycles. The maximum Gasteiger partial charge on any atom is 0.229 e. The highest BCUT2D eigenvalue weighted by molar-refractivity contribution is 5.24. The second kappa shape index (κ2) is 4.92. The fraction of sp³-hybridized carbons (Fsp3) is 0.556. The van der Waals surface area contributed by atoms with Gasteiger partial charge in [0, 0.05) is 23.9 Å². The van der Waals surface area contributed by atoms with Crippen molar-refractivity contribution in [2.45, 2.75) is 56.0 Å². The summed E-state index contributed by atoms with van der Waals surface area (Å²) in [6.07, 6.45) is 6.11. The zero-order chi connectivity index (χ0) is 14.5. The van der Waals surface area contributed by atoms with Gasteiger partial charge in [-0.2, -0.15) is 4.98 Å². The number of aromatic nitrogens is 2. The molecule has 0 spiro atoms. The van der Waals surface area contributed by atoms with Crippen LogP contribution >= 0.6 is 0 Å². The number of benzene rings is 1. The normalized spacial score (nSPS) is 31.5. The molecule has 4 nitrogen and oxygen atoms in total. The first-order valence-electron chi connectivity index (χ1n) is 8.54. The fourth-order valence-electron chi connectivity index (χ4n) is 4.34. The fourth-order valence-corrected chi connectivity index (χ4v) is 4.34. The molecule has 3 fully saturated rings. The van der Waals surface area contributed by atoms with Crippen LogP contribution in [0.25, 0.3) is 0 Å². The monoisotopic (exact) mass is 295 g/mol. The van der Waals surface area contributed by atoms with Crippen molar-refractivity contribution in [2.75, 3.05) is 6.54 Å². The Morgan fingerprint density at radius 2 is 1.95 bits per heavy atom. The van der Waals surface area contributed by atoms with E-state index in [-0.39, 0.29) is 0 Å². The van der Waals surface area contributed by atoms with Gasteiger partial charge in [0.2, 0.25) is 5.89 Å². The van der Waals surface area contributed by atoms with Gasteiger partial charge in [0.15, 0.2) is 5.82 Å². The van der Waals surface area contributed by atoms with E-state index in [0.717, 1.165) is 18.1 Å². The summed E-state index contributed by atoms with van der Waals surface area (Å²) >= 11 is 0. The molecule has 5 rings (SSSR count). The van der Waals surface area contributed by atoms with Crippen LogP contribution in [0.3, 0.4) is 0 Å². The van der Waals surface area contributed by atoms with Gasteiger partial charge in [-0.3, -0.25) is 4.90 Å². The molecule has 2 aliphatic heterocycles. The van der Waals surface area contributed by atoms with Crippen LogP contribution in [0.2, 0.25) is 0 Å². The van der Waals surface area contributed by atoms with Crippen molar-refractivity contribution >= 4 is 0 Å². The topological polar surface area (TPSA) is 42.2 Å². The maximum atomic E-state index is 5.51. The highest BCUT2D eigenvalue weighted by Gasteiger charge is 2.46. The Labute approximate surface area is 130 Å². The third-order valence-corrected chi connectivity index (χ3v) is 5.58. The van der Waals surface area contributed by atoms with Gasteiger partial charge in [-0.05, 0) is 44.2 Å². The average Bonchev–Trinajstić information content (AvgIpc) is 2.99. The third-order valence-electron chi connectivity index (χ3n) is 5.58. The van der Waals surface area contributed by atoms with Crippen LogP contribution in [-0.4, -0.2) is 27.6 Å². The lowest BCUT2D eigenvalue weighted by atomic mass is 9.94. The highest BCUT2D eigenvalue weighted by Crippen LogP contribution is 2.49. The molecule has 4 heteroatoms. The van der Waals surface area contributed by atoms with E-state index >= 15 is 0 Å². The standard InChI is InChI=1S/C18H21N3O/c1-2-5-12(6-3-1)16-11-14(15-7-4-10-21(15)16)17-19-18(22-20-17)13-8-9-13/h1-3,5-6,13-16H,4,7-11H2/t14-,15+,16-/m0/s1. The van der Waals surface area contributed by atoms with Gasteiger partial charge in [0.1, 0.15) is 0 Å². The Kier molecular flexibility index (Phi) is 2.87. The van der Waals surface area contributed by atoms with Crippen molar-refractivity contribution in [3.8, 4) is 0 Å². The van der Waals surface area contributed by atoms with Crippen molar-refractivity contribution in [1.82, 2.24) is 15.0 Å². The molecule has 0 bridgehead atoms. The van der Waals surface area contributed by atoms with Crippen LogP contribution in [0.4, 0.5) is 0 Å². The summed E-state index contributed by atoms with van der Waals surface area (Å²) in [4.78, 5) is 7.41. The summed E-state index contributed by atoms with van der Waals surface area (Å²) in [7, 11) is 0. The van der Waals surface area contributed by atoms with Crippen molar-refractivity contribution in [1.29, 1.82) is 0 Å². The number of nitrogens with zero attached hydrogens (tertiary/aromatic N) is 3. The minimum absolute atomic E-state index is 0.434. The summed E-state index contributed by atoms with van der Waals surface area (Å²) in [5, 5.41) is 4.34. The van der Waals surface area contributed by atoms with Crippen molar-refractivity contribution in [3.63, 3.8) is 0 Å². The van der Waals surface area contributed by atoms with Gasteiger partial charge in [0.05, 0.1) is 0 Å². The molecule has 3 atom stereocenters. The van der Waals surface area contributed by atoms with Gasteiger partial charge < -0.3 is 4.52 Å². The first kappa shape index (κ1) is 12.8. The smallest absolute Gasteiger partial charge is 0.229 e. The molecule has 0 unspecified atom stereocenters. The quantitative estimate of drug-likeness (QED) is 0.867. The predicted octanol–water partition coefficient (Wildman–Crippen LogP) is 3.64. The Bertz CT molecular complexity index is 664. The number of hydrogen-bond acceptors (Lipinski definition) is 4. The molecule has 3 heterocycles. The molecule has 114 valence electrons. The third kappa shape index (κ3) is 2.01. The maximum absolute atomic E-state index is 5.51. The summed E-state index contributed by atoms with van der Waals surface area (Å²) < 4.78 is 5.51. The molecule has 3 aliphatic rings. The van der Waals surface area contributed by atoms with E-state index in [9.17, 15) is 0 Å². The van der Waals surface area contributed by atoms with Crippen LogP contribution in [0.1, 0.15) is 67.3 Å². The second-order valence-electron chi connectivity index (χ2n) is 6.98. The molecule has 0 radical (unpaired) electrons. The predicted molar refractivity (Wildman–Crippen MR) is 82.5 cm³/mol. The number of fused-ring (bicyclic) bond motifs is 1. The minimum atomic E-state index is 0.434. The number of hydrogen-bond donors (Lipinski definition) is 0. The van der Waals surface area contributed by atoms with Crippen LogP contribution in [-0.2, 0) is 0 Å². The average molecular weight is 295 g/mol. The SMILES string of the molecule is c1ccc([C@@H]2C[C@H](c3noc(C4CC4)n3)[C@H]3CCCN32)cc1. The molecule has 1 saturated carbocycles. The largest absolute Gasteiger partial charge is 0.339 e. The lowest BCUT2D eigenvalue weighted by Crippen LogP contribution is -2.27. The van der Waals surface area contributed by atoms with Crippen LogP contribution in [0, 0.1) is 0 Å². The molecular formula is C18H21N3O. The minimum Gasteiger partial charge on any atom is -0.339 e. The zero-order valence-corrected chi connectivity index (χ0v) is 12.7. The summed E-state index contributed by atoms with van der Waals surface area (Å²) in [6.45, 7) is 1.20. The highest BCUT2D eigenvalue weighted by atomic mass is 16.5. The van der Waals surface area contributed by atoms with E-state index in [4.69, 9.17) is 9.51 Å². The first-order valence-corrected chi connectivity index (χ1v) is 8.54. The van der Waals surface area contributed by atoms with Gasteiger partial charge in [-0.25, -0.2) is 0 Å². The van der Waals surface area contributed by atoms with Crippen molar-refractivity contribution in [2.24, 2.45) is 0 Å². The second-order valence-corrected chi connectivity index (χ2v) is 6.98. The molecule has 22 heavy (non-hydrogen) atoms. The van der Waals surface area contributed by atoms with Crippen LogP contribution < -0.4 is 0 Å². The van der Waals surface area contributed by atoms with Gasteiger partial charge in [-0.15, -0.1) is 0 Å². The van der Waals surface area contributed by atoms with Crippen molar-refractivity contribution in [3.05, 3.63) is 47.6 Å². The van der Waals surface area contributed by atoms with E-state index in [0.29, 0.717) is 23.9 Å². The number of rotatable bonds is 3. The summed E-state index contributed by atoms with van der Waals surface area (Å²) in [6, 6.07) is 12.0. The van der Waals surface area contributed by atoms with E-state index in [1.165, 1.54) is 37.8 Å². The van der Waals surface area contributed by atoms with Crippen LogP contribution in [0.15, 0.2) is 34.9 Å².